The van der Waals surface area contributed by atoms with Gasteiger partial charge in [0.05, 0.1) is 7.11 Å². The van der Waals surface area contributed by atoms with Crippen molar-refractivity contribution in [1.82, 2.24) is 5.06 Å². The Balaban J connectivity index is 4.65. The molecular weight excluding hydrogens is 225 g/mol. The van der Waals surface area contributed by atoms with Crippen molar-refractivity contribution in [3.05, 3.63) is 0 Å². The molecule has 0 saturated heterocycles. The molecule has 8 heteroatoms. The monoisotopic (exact) mass is 241 g/mol. The van der Waals surface area contributed by atoms with Gasteiger partial charge in [0.1, 0.15) is 6.04 Å². The Bertz CT molecular complexity index is 262. The van der Waals surface area contributed by atoms with Crippen molar-refractivity contribution in [1.29, 1.82) is 0 Å². The number of carbonyl (C=O) groups excluding carboxylic acids is 1. The normalized spacial score (nSPS) is 14.4. The Kier molecular flexibility index (Phi) is 5.41. The van der Waals surface area contributed by atoms with Gasteiger partial charge in [-0.1, -0.05) is 13.8 Å². The second-order valence-electron chi connectivity index (χ2n) is 3.32. The van der Waals surface area contributed by atoms with Crippen LogP contribution in [0.25, 0.3) is 0 Å². The maximum atomic E-state index is 11.4. The molecule has 7 nitrogen and oxygen atoms in total. The lowest BCUT2D eigenvalue weighted by Crippen LogP contribution is -2.42. The fraction of sp³-hybridized carbons (Fsp3) is 0.857. The van der Waals surface area contributed by atoms with Gasteiger partial charge in [-0.3, -0.25) is 9.79 Å². The number of hydrogen-bond donors (Lipinski definition) is 2. The Morgan fingerprint density at radius 3 is 2.13 bits per heavy atom. The number of phosphoric acid groups is 1. The Hall–Kier alpha value is -0.460. The molecule has 0 aromatic heterocycles. The van der Waals surface area contributed by atoms with Crippen molar-refractivity contribution in [2.75, 3.05) is 14.2 Å². The zero-order valence-corrected chi connectivity index (χ0v) is 9.97. The van der Waals surface area contributed by atoms with Gasteiger partial charge in [0.2, 0.25) is 0 Å². The van der Waals surface area contributed by atoms with Crippen molar-refractivity contribution < 1.29 is 28.5 Å². The molecule has 0 saturated carbocycles. The summed E-state index contributed by atoms with van der Waals surface area (Å²) < 4.78 is 14.5. The van der Waals surface area contributed by atoms with Crippen LogP contribution in [0.4, 0.5) is 0 Å². The van der Waals surface area contributed by atoms with Gasteiger partial charge in [-0.15, -0.1) is 0 Å². The van der Waals surface area contributed by atoms with Gasteiger partial charge >= 0.3 is 13.8 Å². The van der Waals surface area contributed by atoms with E-state index in [0.717, 1.165) is 0 Å². The average molecular weight is 241 g/mol. The average Bonchev–Trinajstić information content (AvgIpc) is 1.99. The fourth-order valence-corrected chi connectivity index (χ4v) is 1.47. The van der Waals surface area contributed by atoms with Crippen LogP contribution in [0.1, 0.15) is 13.8 Å². The first kappa shape index (κ1) is 14.5. The van der Waals surface area contributed by atoms with Crippen LogP contribution in [0.5, 0.6) is 0 Å². The standard InChI is InChI=1S/C7H16NO6P/c1-5(2)6(8(3)13-4)7(9)14-15(10,11)12/h5-6H,1-4H3,(H2,10,11,12)/t6-/m0/s1. The maximum Gasteiger partial charge on any atom is 0.527 e. The third kappa shape index (κ3) is 5.25. The van der Waals surface area contributed by atoms with Crippen molar-refractivity contribution >= 4 is 13.8 Å². The summed E-state index contributed by atoms with van der Waals surface area (Å²) >= 11 is 0. The van der Waals surface area contributed by atoms with E-state index in [2.05, 4.69) is 4.52 Å². The summed E-state index contributed by atoms with van der Waals surface area (Å²) in [7, 11) is -1.97. The van der Waals surface area contributed by atoms with Crippen LogP contribution in [0.15, 0.2) is 0 Å². The van der Waals surface area contributed by atoms with Gasteiger partial charge in [-0.2, -0.15) is 5.06 Å². The molecule has 90 valence electrons. The largest absolute Gasteiger partial charge is 0.527 e. The van der Waals surface area contributed by atoms with Gasteiger partial charge in [0.15, 0.2) is 0 Å². The van der Waals surface area contributed by atoms with Crippen LogP contribution in [0.2, 0.25) is 0 Å². The molecule has 0 spiro atoms. The van der Waals surface area contributed by atoms with E-state index in [1.54, 1.807) is 13.8 Å². The van der Waals surface area contributed by atoms with Crippen molar-refractivity contribution in [3.8, 4) is 0 Å². The number of phosphoric ester groups is 1. The summed E-state index contributed by atoms with van der Waals surface area (Å²) in [5, 5.41) is 1.18. The summed E-state index contributed by atoms with van der Waals surface area (Å²) in [6.07, 6.45) is 0. The number of rotatable bonds is 5. The predicted molar refractivity (Wildman–Crippen MR) is 51.5 cm³/mol. The maximum absolute atomic E-state index is 11.4. The first-order chi connectivity index (χ1) is 6.69. The van der Waals surface area contributed by atoms with E-state index in [0.29, 0.717) is 0 Å². The Morgan fingerprint density at radius 2 is 1.87 bits per heavy atom. The van der Waals surface area contributed by atoms with Crippen molar-refractivity contribution in [2.24, 2.45) is 5.92 Å². The predicted octanol–water partition coefficient (Wildman–Crippen LogP) is 0.140. The molecule has 15 heavy (non-hydrogen) atoms. The van der Waals surface area contributed by atoms with Gasteiger partial charge in [0.25, 0.3) is 0 Å². The second kappa shape index (κ2) is 5.58. The van der Waals surface area contributed by atoms with E-state index in [4.69, 9.17) is 14.6 Å². The molecule has 0 rings (SSSR count). The smallest absolute Gasteiger partial charge is 0.369 e. The Labute approximate surface area is 88.2 Å². The summed E-state index contributed by atoms with van der Waals surface area (Å²) in [4.78, 5) is 33.1. The zero-order chi connectivity index (χ0) is 12.2. The van der Waals surface area contributed by atoms with Gasteiger partial charge in [0, 0.05) is 7.05 Å². The van der Waals surface area contributed by atoms with E-state index in [1.165, 1.54) is 19.2 Å². The van der Waals surface area contributed by atoms with E-state index in [-0.39, 0.29) is 5.92 Å². The number of hydrogen-bond acceptors (Lipinski definition) is 5. The highest BCUT2D eigenvalue weighted by Crippen LogP contribution is 2.37. The summed E-state index contributed by atoms with van der Waals surface area (Å²) in [6.45, 7) is 3.42. The molecular formula is C7H16NO6P. The van der Waals surface area contributed by atoms with Crippen LogP contribution in [-0.4, -0.2) is 41.0 Å². The second-order valence-corrected chi connectivity index (χ2v) is 4.48. The molecule has 0 fully saturated rings. The lowest BCUT2D eigenvalue weighted by atomic mass is 10.1. The van der Waals surface area contributed by atoms with E-state index in [9.17, 15) is 9.36 Å². The minimum atomic E-state index is -4.80. The van der Waals surface area contributed by atoms with Gasteiger partial charge in [-0.25, -0.2) is 9.36 Å². The summed E-state index contributed by atoms with van der Waals surface area (Å²) in [5.41, 5.74) is 0. The highest BCUT2D eigenvalue weighted by molar-refractivity contribution is 7.46. The molecule has 2 N–H and O–H groups in total. The minimum absolute atomic E-state index is 0.200. The third-order valence-electron chi connectivity index (χ3n) is 1.76. The molecule has 0 aliphatic heterocycles. The fourth-order valence-electron chi connectivity index (χ4n) is 1.13. The molecule has 0 unspecified atom stereocenters. The molecule has 0 aliphatic carbocycles. The molecule has 0 bridgehead atoms. The van der Waals surface area contributed by atoms with Crippen LogP contribution < -0.4 is 0 Å². The number of hydroxylamine groups is 2. The first-order valence-corrected chi connectivity index (χ1v) is 5.78. The zero-order valence-electron chi connectivity index (χ0n) is 9.08. The van der Waals surface area contributed by atoms with Crippen molar-refractivity contribution in [2.45, 2.75) is 19.9 Å². The SMILES string of the molecule is CON(C)[C@H](C(=O)OP(=O)(O)O)C(C)C. The first-order valence-electron chi connectivity index (χ1n) is 4.25. The molecule has 0 aliphatic rings. The van der Waals surface area contributed by atoms with Crippen LogP contribution in [-0.2, 0) is 18.7 Å². The Morgan fingerprint density at radius 1 is 1.40 bits per heavy atom. The van der Waals surface area contributed by atoms with Gasteiger partial charge < -0.3 is 9.36 Å². The van der Waals surface area contributed by atoms with E-state index >= 15 is 0 Å². The van der Waals surface area contributed by atoms with Crippen LogP contribution >= 0.6 is 7.82 Å². The summed E-state index contributed by atoms with van der Waals surface area (Å²) in [6, 6.07) is -0.859. The lowest BCUT2D eigenvalue weighted by Gasteiger charge is -2.26. The molecule has 0 amide bonds. The van der Waals surface area contributed by atoms with Crippen LogP contribution in [0, 0.1) is 5.92 Å². The molecule has 1 atom stereocenters. The van der Waals surface area contributed by atoms with Crippen molar-refractivity contribution in [3.63, 3.8) is 0 Å². The topological polar surface area (TPSA) is 96.3 Å². The molecule has 0 aromatic rings. The molecule has 0 heterocycles. The third-order valence-corrected chi connectivity index (χ3v) is 2.18. The molecule has 0 aromatic carbocycles. The number of likely N-dealkylation sites (N-methyl/N-ethyl adjacent to an activating group) is 1. The lowest BCUT2D eigenvalue weighted by molar-refractivity contribution is -0.178. The van der Waals surface area contributed by atoms with Gasteiger partial charge in [-0.05, 0) is 5.92 Å². The highest BCUT2D eigenvalue weighted by Gasteiger charge is 2.33. The number of nitrogens with zero attached hydrogens (tertiary/aromatic N) is 1. The number of carbonyl (C=O) groups is 1. The van der Waals surface area contributed by atoms with Crippen LogP contribution in [0.3, 0.4) is 0 Å². The van der Waals surface area contributed by atoms with E-state index < -0.39 is 19.8 Å². The quantitative estimate of drug-likeness (QED) is 0.522. The highest BCUT2D eigenvalue weighted by atomic mass is 31.2. The van der Waals surface area contributed by atoms with E-state index in [1.807, 2.05) is 0 Å². The summed E-state index contributed by atoms with van der Waals surface area (Å²) in [5.74, 6) is -1.21. The molecule has 0 radical (unpaired) electrons. The minimum Gasteiger partial charge on any atom is -0.369 e.